The first-order valence-electron chi connectivity index (χ1n) is 6.79. The van der Waals surface area contributed by atoms with Gasteiger partial charge in [0, 0.05) is 18.0 Å². The summed E-state index contributed by atoms with van der Waals surface area (Å²) in [6.45, 7) is 3.35. The quantitative estimate of drug-likeness (QED) is 0.893. The number of aliphatic carboxylic acids is 1. The zero-order valence-electron chi connectivity index (χ0n) is 11.8. The standard InChI is InChI=1S/C14H20N2O3S/c1-3-11(14(18)19)15(2)9-13(17)16-6-4-12-10(8-16)5-7-20-12/h5,7,11H,3-4,6,8-9H2,1-2H3,(H,18,19). The van der Waals surface area contributed by atoms with Crippen molar-refractivity contribution in [2.75, 3.05) is 20.1 Å². The van der Waals surface area contributed by atoms with E-state index in [2.05, 4.69) is 11.4 Å². The third-order valence-electron chi connectivity index (χ3n) is 3.75. The molecule has 1 N–H and O–H groups in total. The number of fused-ring (bicyclic) bond motifs is 1. The molecule has 0 spiro atoms. The smallest absolute Gasteiger partial charge is 0.320 e. The zero-order chi connectivity index (χ0) is 14.7. The molecule has 1 aromatic rings. The monoisotopic (exact) mass is 296 g/mol. The molecule has 110 valence electrons. The van der Waals surface area contributed by atoms with E-state index in [0.29, 0.717) is 13.0 Å². The van der Waals surface area contributed by atoms with E-state index in [0.717, 1.165) is 13.0 Å². The summed E-state index contributed by atoms with van der Waals surface area (Å²) < 4.78 is 0. The molecule has 2 heterocycles. The fourth-order valence-electron chi connectivity index (χ4n) is 2.56. The number of thiophene rings is 1. The molecule has 20 heavy (non-hydrogen) atoms. The van der Waals surface area contributed by atoms with Crippen LogP contribution in [0.2, 0.25) is 0 Å². The van der Waals surface area contributed by atoms with Gasteiger partial charge in [0.2, 0.25) is 5.91 Å². The Hall–Kier alpha value is -1.40. The number of hydrogen-bond donors (Lipinski definition) is 1. The second-order valence-electron chi connectivity index (χ2n) is 5.11. The van der Waals surface area contributed by atoms with Crippen LogP contribution >= 0.6 is 11.3 Å². The van der Waals surface area contributed by atoms with Crippen molar-refractivity contribution >= 4 is 23.2 Å². The summed E-state index contributed by atoms with van der Waals surface area (Å²) >= 11 is 1.74. The first kappa shape index (κ1) is 15.0. The van der Waals surface area contributed by atoms with Gasteiger partial charge in [-0.05, 0) is 36.9 Å². The summed E-state index contributed by atoms with van der Waals surface area (Å²) in [4.78, 5) is 28.2. The van der Waals surface area contributed by atoms with Crippen molar-refractivity contribution < 1.29 is 14.7 Å². The number of likely N-dealkylation sites (N-methyl/N-ethyl adjacent to an activating group) is 1. The lowest BCUT2D eigenvalue weighted by atomic mass is 10.1. The molecule has 0 saturated carbocycles. The first-order chi connectivity index (χ1) is 9.52. The molecule has 0 saturated heterocycles. The number of carboxylic acid groups (broad SMARTS) is 1. The second-order valence-corrected chi connectivity index (χ2v) is 6.11. The molecule has 6 heteroatoms. The molecule has 0 aromatic carbocycles. The zero-order valence-corrected chi connectivity index (χ0v) is 12.7. The van der Waals surface area contributed by atoms with Gasteiger partial charge in [-0.1, -0.05) is 6.92 Å². The van der Waals surface area contributed by atoms with Crippen LogP contribution in [-0.2, 0) is 22.6 Å². The molecule has 1 amide bonds. The average molecular weight is 296 g/mol. The number of rotatable bonds is 5. The van der Waals surface area contributed by atoms with Gasteiger partial charge in [-0.2, -0.15) is 0 Å². The molecular formula is C14H20N2O3S. The molecule has 1 aromatic heterocycles. The summed E-state index contributed by atoms with van der Waals surface area (Å²) in [7, 11) is 1.69. The summed E-state index contributed by atoms with van der Waals surface area (Å²) in [5, 5.41) is 11.2. The Bertz CT molecular complexity index is 500. The number of nitrogens with zero attached hydrogens (tertiary/aromatic N) is 2. The van der Waals surface area contributed by atoms with Crippen LogP contribution in [0.5, 0.6) is 0 Å². The molecule has 1 aliphatic heterocycles. The van der Waals surface area contributed by atoms with Crippen molar-refractivity contribution in [3.05, 3.63) is 21.9 Å². The third-order valence-corrected chi connectivity index (χ3v) is 4.77. The van der Waals surface area contributed by atoms with Crippen molar-refractivity contribution in [1.82, 2.24) is 9.80 Å². The minimum absolute atomic E-state index is 0.00375. The maximum atomic E-state index is 12.3. The van der Waals surface area contributed by atoms with Gasteiger partial charge in [0.1, 0.15) is 6.04 Å². The number of hydrogen-bond acceptors (Lipinski definition) is 4. The Morgan fingerprint density at radius 2 is 2.30 bits per heavy atom. The van der Waals surface area contributed by atoms with E-state index in [-0.39, 0.29) is 12.5 Å². The maximum Gasteiger partial charge on any atom is 0.320 e. The highest BCUT2D eigenvalue weighted by Crippen LogP contribution is 2.24. The molecular weight excluding hydrogens is 276 g/mol. The summed E-state index contributed by atoms with van der Waals surface area (Å²) in [6.07, 6.45) is 1.40. The molecule has 1 unspecified atom stereocenters. The van der Waals surface area contributed by atoms with Crippen LogP contribution in [0.3, 0.4) is 0 Å². The van der Waals surface area contributed by atoms with Crippen LogP contribution < -0.4 is 0 Å². The molecule has 0 radical (unpaired) electrons. The van der Waals surface area contributed by atoms with Gasteiger partial charge < -0.3 is 10.0 Å². The summed E-state index contributed by atoms with van der Waals surface area (Å²) in [5.41, 5.74) is 1.22. The Kier molecular flexibility index (Phi) is 4.77. The van der Waals surface area contributed by atoms with E-state index in [4.69, 9.17) is 5.11 Å². The van der Waals surface area contributed by atoms with Gasteiger partial charge in [0.05, 0.1) is 6.54 Å². The molecule has 1 atom stereocenters. The number of carbonyl (C=O) groups is 2. The normalized spacial score (nSPS) is 16.1. The van der Waals surface area contributed by atoms with E-state index >= 15 is 0 Å². The van der Waals surface area contributed by atoms with Crippen LogP contribution in [-0.4, -0.2) is 53.0 Å². The molecule has 0 bridgehead atoms. The molecule has 0 aliphatic carbocycles. The fourth-order valence-corrected chi connectivity index (χ4v) is 3.45. The molecule has 5 nitrogen and oxygen atoms in total. The van der Waals surface area contributed by atoms with Gasteiger partial charge in [-0.25, -0.2) is 0 Å². The van der Waals surface area contributed by atoms with Gasteiger partial charge >= 0.3 is 5.97 Å². The van der Waals surface area contributed by atoms with E-state index in [1.807, 2.05) is 11.8 Å². The Labute approximate surface area is 122 Å². The lowest BCUT2D eigenvalue weighted by Gasteiger charge is -2.30. The lowest BCUT2D eigenvalue weighted by molar-refractivity contribution is -0.144. The van der Waals surface area contributed by atoms with Crippen molar-refractivity contribution in [2.45, 2.75) is 32.4 Å². The predicted molar refractivity (Wildman–Crippen MR) is 77.8 cm³/mol. The van der Waals surface area contributed by atoms with E-state index in [1.54, 1.807) is 23.3 Å². The van der Waals surface area contributed by atoms with Crippen molar-refractivity contribution in [2.24, 2.45) is 0 Å². The number of amides is 1. The minimum Gasteiger partial charge on any atom is -0.480 e. The topological polar surface area (TPSA) is 60.9 Å². The van der Waals surface area contributed by atoms with E-state index < -0.39 is 12.0 Å². The van der Waals surface area contributed by atoms with Crippen LogP contribution in [0.15, 0.2) is 11.4 Å². The van der Waals surface area contributed by atoms with E-state index in [9.17, 15) is 9.59 Å². The molecule has 2 rings (SSSR count). The van der Waals surface area contributed by atoms with Crippen molar-refractivity contribution in [3.63, 3.8) is 0 Å². The highest BCUT2D eigenvalue weighted by Gasteiger charge is 2.26. The molecule has 0 fully saturated rings. The Morgan fingerprint density at radius 3 is 2.95 bits per heavy atom. The predicted octanol–water partition coefficient (Wildman–Crippen LogP) is 1.43. The van der Waals surface area contributed by atoms with Crippen molar-refractivity contribution in [1.29, 1.82) is 0 Å². The maximum absolute atomic E-state index is 12.3. The lowest BCUT2D eigenvalue weighted by Crippen LogP contribution is -2.46. The van der Waals surface area contributed by atoms with Crippen LogP contribution in [0.1, 0.15) is 23.8 Å². The van der Waals surface area contributed by atoms with Crippen molar-refractivity contribution in [3.8, 4) is 0 Å². The van der Waals surface area contributed by atoms with Crippen LogP contribution in [0.25, 0.3) is 0 Å². The van der Waals surface area contributed by atoms with Gasteiger partial charge in [0.15, 0.2) is 0 Å². The summed E-state index contributed by atoms with van der Waals surface area (Å²) in [5.74, 6) is -0.870. The van der Waals surface area contributed by atoms with Crippen LogP contribution in [0, 0.1) is 0 Å². The fraction of sp³-hybridized carbons (Fsp3) is 0.571. The number of carbonyl (C=O) groups excluding carboxylic acids is 1. The first-order valence-corrected chi connectivity index (χ1v) is 7.67. The van der Waals surface area contributed by atoms with Gasteiger partial charge in [0.25, 0.3) is 0 Å². The van der Waals surface area contributed by atoms with E-state index in [1.165, 1.54) is 10.4 Å². The van der Waals surface area contributed by atoms with Gasteiger partial charge in [-0.15, -0.1) is 11.3 Å². The summed E-state index contributed by atoms with van der Waals surface area (Å²) in [6, 6.07) is 1.47. The van der Waals surface area contributed by atoms with Crippen LogP contribution in [0.4, 0.5) is 0 Å². The molecule has 1 aliphatic rings. The average Bonchev–Trinajstić information content (AvgIpc) is 2.85. The Balaban J connectivity index is 1.94. The van der Waals surface area contributed by atoms with Gasteiger partial charge in [-0.3, -0.25) is 14.5 Å². The SMILES string of the molecule is CCC(C(=O)O)N(C)CC(=O)N1CCc2sccc2C1. The second kappa shape index (κ2) is 6.37. The minimum atomic E-state index is -0.874. The highest BCUT2D eigenvalue weighted by atomic mass is 32.1. The third kappa shape index (κ3) is 3.19. The Morgan fingerprint density at radius 1 is 1.55 bits per heavy atom. The highest BCUT2D eigenvalue weighted by molar-refractivity contribution is 7.10. The largest absolute Gasteiger partial charge is 0.480 e. The number of carboxylic acids is 1.